The molecule has 2 aliphatic carbocycles. The largest absolute Gasteiger partial charge is 0.387 e. The van der Waals surface area contributed by atoms with Crippen molar-refractivity contribution in [3.8, 4) is 0 Å². The number of primary amides is 1. The predicted octanol–water partition coefficient (Wildman–Crippen LogP) is -0.591. The molecule has 2 rings (SSSR count). The molecule has 8 nitrogen and oxygen atoms in total. The summed E-state index contributed by atoms with van der Waals surface area (Å²) >= 11 is 0. The summed E-state index contributed by atoms with van der Waals surface area (Å²) in [5.41, 5.74) is 4.91. The van der Waals surface area contributed by atoms with Gasteiger partial charge in [0.25, 0.3) is 5.91 Å². The SMILES string of the molecule is NC(=O)[C@@H](O)[C@@H](O)[C@H](O)[C@@H](O)C(=O)N(C1CCCCC1)C1CCCCC1. The first-order valence-corrected chi connectivity index (χ1v) is 9.68. The van der Waals surface area contributed by atoms with Crippen molar-refractivity contribution in [2.24, 2.45) is 5.73 Å². The molecule has 8 heteroatoms. The zero-order chi connectivity index (χ0) is 19.3. The third kappa shape index (κ3) is 4.94. The average Bonchev–Trinajstić information content (AvgIpc) is 2.67. The van der Waals surface area contributed by atoms with Crippen molar-refractivity contribution >= 4 is 11.8 Å². The normalized spacial score (nSPS) is 24.5. The number of carbonyl (C=O) groups is 2. The van der Waals surface area contributed by atoms with Crippen LogP contribution >= 0.6 is 0 Å². The molecule has 0 aromatic carbocycles. The predicted molar refractivity (Wildman–Crippen MR) is 93.8 cm³/mol. The highest BCUT2D eigenvalue weighted by Gasteiger charge is 2.42. The summed E-state index contributed by atoms with van der Waals surface area (Å²) in [7, 11) is 0. The van der Waals surface area contributed by atoms with Gasteiger partial charge >= 0.3 is 0 Å². The van der Waals surface area contributed by atoms with Crippen molar-refractivity contribution in [2.45, 2.75) is 101 Å². The minimum absolute atomic E-state index is 0.0133. The Morgan fingerprint density at radius 3 is 1.50 bits per heavy atom. The minimum atomic E-state index is -2.05. The van der Waals surface area contributed by atoms with E-state index in [2.05, 4.69) is 0 Å². The van der Waals surface area contributed by atoms with Crippen LogP contribution in [0.2, 0.25) is 0 Å². The maximum absolute atomic E-state index is 13.0. The van der Waals surface area contributed by atoms with Crippen LogP contribution in [0.5, 0.6) is 0 Å². The Balaban J connectivity index is 2.14. The van der Waals surface area contributed by atoms with Crippen LogP contribution < -0.4 is 5.73 Å². The van der Waals surface area contributed by atoms with Gasteiger partial charge in [0.05, 0.1) is 0 Å². The fraction of sp³-hybridized carbons (Fsp3) is 0.889. The van der Waals surface area contributed by atoms with Crippen LogP contribution in [0.25, 0.3) is 0 Å². The Morgan fingerprint density at radius 1 is 0.731 bits per heavy atom. The lowest BCUT2D eigenvalue weighted by Crippen LogP contribution is -2.58. The highest BCUT2D eigenvalue weighted by molar-refractivity contribution is 5.83. The van der Waals surface area contributed by atoms with E-state index in [1.54, 1.807) is 4.90 Å². The van der Waals surface area contributed by atoms with Gasteiger partial charge in [0.15, 0.2) is 12.2 Å². The molecule has 150 valence electrons. The van der Waals surface area contributed by atoms with Crippen molar-refractivity contribution in [3.05, 3.63) is 0 Å². The third-order valence-electron chi connectivity index (χ3n) is 5.73. The first kappa shape index (κ1) is 21.1. The Hall–Kier alpha value is -1.22. The Morgan fingerprint density at radius 2 is 1.12 bits per heavy atom. The van der Waals surface area contributed by atoms with Gasteiger partial charge in [-0.25, -0.2) is 0 Å². The average molecular weight is 372 g/mol. The van der Waals surface area contributed by atoms with E-state index in [0.29, 0.717) is 0 Å². The van der Waals surface area contributed by atoms with Gasteiger partial charge in [-0.3, -0.25) is 9.59 Å². The number of rotatable bonds is 7. The second-order valence-corrected chi connectivity index (χ2v) is 7.60. The lowest BCUT2D eigenvalue weighted by atomic mass is 9.87. The van der Waals surface area contributed by atoms with Crippen LogP contribution in [0.1, 0.15) is 64.2 Å². The number of hydrogen-bond acceptors (Lipinski definition) is 6. The quantitative estimate of drug-likeness (QED) is 0.404. The first-order chi connectivity index (χ1) is 12.3. The minimum Gasteiger partial charge on any atom is -0.387 e. The molecular formula is C18H32N2O6. The molecule has 0 radical (unpaired) electrons. The van der Waals surface area contributed by atoms with E-state index in [-0.39, 0.29) is 12.1 Å². The second-order valence-electron chi connectivity index (χ2n) is 7.60. The second kappa shape index (κ2) is 9.64. The van der Waals surface area contributed by atoms with E-state index in [9.17, 15) is 30.0 Å². The number of hydrogen-bond donors (Lipinski definition) is 5. The Labute approximate surface area is 154 Å². The summed E-state index contributed by atoms with van der Waals surface area (Å²) in [5, 5.41) is 39.8. The topological polar surface area (TPSA) is 144 Å². The lowest BCUT2D eigenvalue weighted by molar-refractivity contribution is -0.165. The lowest BCUT2D eigenvalue weighted by Gasteiger charge is -2.43. The van der Waals surface area contributed by atoms with E-state index in [1.165, 1.54) is 0 Å². The van der Waals surface area contributed by atoms with Crippen molar-refractivity contribution in [2.75, 3.05) is 0 Å². The van der Waals surface area contributed by atoms with Crippen molar-refractivity contribution in [1.29, 1.82) is 0 Å². The highest BCUT2D eigenvalue weighted by atomic mass is 16.4. The van der Waals surface area contributed by atoms with E-state index < -0.39 is 36.2 Å². The number of nitrogens with zero attached hydrogens (tertiary/aromatic N) is 1. The molecular weight excluding hydrogens is 340 g/mol. The molecule has 2 amide bonds. The summed E-state index contributed by atoms with van der Waals surface area (Å²) in [6.45, 7) is 0. The molecule has 0 spiro atoms. The molecule has 2 aliphatic rings. The number of nitrogens with two attached hydrogens (primary N) is 1. The Kier molecular flexibility index (Phi) is 7.82. The van der Waals surface area contributed by atoms with Crippen molar-refractivity contribution in [1.82, 2.24) is 4.90 Å². The highest BCUT2D eigenvalue weighted by Crippen LogP contribution is 2.31. The van der Waals surface area contributed by atoms with E-state index in [4.69, 9.17) is 5.73 Å². The Bertz CT molecular complexity index is 458. The zero-order valence-corrected chi connectivity index (χ0v) is 15.2. The van der Waals surface area contributed by atoms with Crippen LogP contribution in [0.4, 0.5) is 0 Å². The molecule has 0 aromatic rings. The first-order valence-electron chi connectivity index (χ1n) is 9.68. The smallest absolute Gasteiger partial charge is 0.254 e. The van der Waals surface area contributed by atoms with Gasteiger partial charge in [-0.05, 0) is 25.7 Å². The maximum Gasteiger partial charge on any atom is 0.254 e. The van der Waals surface area contributed by atoms with Gasteiger partial charge in [-0.15, -0.1) is 0 Å². The summed E-state index contributed by atoms with van der Waals surface area (Å²) in [5.74, 6) is -1.88. The van der Waals surface area contributed by atoms with E-state index in [1.807, 2.05) is 0 Å². The van der Waals surface area contributed by atoms with E-state index in [0.717, 1.165) is 64.2 Å². The molecule has 0 unspecified atom stereocenters. The van der Waals surface area contributed by atoms with Crippen LogP contribution in [0.15, 0.2) is 0 Å². The van der Waals surface area contributed by atoms with Crippen LogP contribution in [-0.2, 0) is 9.59 Å². The fourth-order valence-corrected chi connectivity index (χ4v) is 4.22. The summed E-state index contributed by atoms with van der Waals surface area (Å²) in [6, 6.07) is 0.0267. The number of aliphatic hydroxyl groups is 4. The number of carbonyl (C=O) groups excluding carboxylic acids is 2. The van der Waals surface area contributed by atoms with Crippen LogP contribution in [0, 0.1) is 0 Å². The van der Waals surface area contributed by atoms with Crippen molar-refractivity contribution < 1.29 is 30.0 Å². The molecule has 0 aliphatic heterocycles. The monoisotopic (exact) mass is 372 g/mol. The summed E-state index contributed by atoms with van der Waals surface area (Å²) in [4.78, 5) is 25.7. The van der Waals surface area contributed by atoms with Gasteiger partial charge in [0, 0.05) is 12.1 Å². The molecule has 2 saturated carbocycles. The molecule has 26 heavy (non-hydrogen) atoms. The zero-order valence-electron chi connectivity index (χ0n) is 15.2. The van der Waals surface area contributed by atoms with Crippen LogP contribution in [0.3, 0.4) is 0 Å². The van der Waals surface area contributed by atoms with Crippen molar-refractivity contribution in [3.63, 3.8) is 0 Å². The maximum atomic E-state index is 13.0. The molecule has 2 fully saturated rings. The van der Waals surface area contributed by atoms with Crippen LogP contribution in [-0.4, -0.2) is 73.6 Å². The van der Waals surface area contributed by atoms with Gasteiger partial charge in [0.1, 0.15) is 12.2 Å². The molecule has 4 atom stereocenters. The third-order valence-corrected chi connectivity index (χ3v) is 5.73. The number of aliphatic hydroxyl groups excluding tert-OH is 4. The van der Waals surface area contributed by atoms with Gasteiger partial charge in [0.2, 0.25) is 5.91 Å². The standard InChI is InChI=1S/C18H32N2O6/c19-17(25)15(23)13(21)14(22)16(24)18(26)20(11-7-3-1-4-8-11)12-9-5-2-6-10-12/h11-16,21-24H,1-10H2,(H2,19,25)/t13-,14-,15-,16+/m0/s1. The number of amides is 2. The van der Waals surface area contributed by atoms with Gasteiger partial charge < -0.3 is 31.1 Å². The molecule has 0 aromatic heterocycles. The molecule has 0 saturated heterocycles. The molecule has 0 bridgehead atoms. The summed E-state index contributed by atoms with van der Waals surface area (Å²) < 4.78 is 0. The fourth-order valence-electron chi connectivity index (χ4n) is 4.22. The van der Waals surface area contributed by atoms with E-state index >= 15 is 0 Å². The van der Waals surface area contributed by atoms with Gasteiger partial charge in [-0.2, -0.15) is 0 Å². The molecule has 0 heterocycles. The van der Waals surface area contributed by atoms with Gasteiger partial charge in [-0.1, -0.05) is 38.5 Å². The summed E-state index contributed by atoms with van der Waals surface area (Å²) in [6.07, 6.45) is 1.77. The molecule has 6 N–H and O–H groups in total.